The van der Waals surface area contributed by atoms with Crippen molar-refractivity contribution in [2.45, 2.75) is 30.6 Å². The fraction of sp³-hybridized carbons (Fsp3) is 0.333. The van der Waals surface area contributed by atoms with Crippen LogP contribution in [0.15, 0.2) is 52.5 Å². The Labute approximate surface area is 220 Å². The van der Waals surface area contributed by atoms with E-state index >= 15 is 0 Å². The SMILES string of the molecule is CN(C)C=O.O=C1CCC(C(=O)Nc2cc(S(=O)(=O)Nc3ccc(Cl)cc3)ccc2N2CCCC2)=NN1. The molecule has 1 saturated heterocycles. The van der Waals surface area contributed by atoms with Crippen molar-refractivity contribution in [1.29, 1.82) is 0 Å². The van der Waals surface area contributed by atoms with Gasteiger partial charge in [0.15, 0.2) is 0 Å². The summed E-state index contributed by atoms with van der Waals surface area (Å²) in [6.45, 7) is 1.63. The molecule has 0 aliphatic carbocycles. The topological polar surface area (TPSA) is 140 Å². The molecule has 2 aromatic carbocycles. The highest BCUT2D eigenvalue weighted by Gasteiger charge is 2.24. The van der Waals surface area contributed by atoms with Crippen LogP contribution in [0.5, 0.6) is 0 Å². The molecule has 198 valence electrons. The fourth-order valence-electron chi connectivity index (χ4n) is 3.58. The molecule has 2 aliphatic heterocycles. The van der Waals surface area contributed by atoms with Gasteiger partial charge in [0.25, 0.3) is 15.9 Å². The van der Waals surface area contributed by atoms with Crippen molar-refractivity contribution in [3.8, 4) is 0 Å². The Morgan fingerprint density at radius 2 is 1.76 bits per heavy atom. The fourth-order valence-corrected chi connectivity index (χ4v) is 4.79. The quantitative estimate of drug-likeness (QED) is 0.454. The molecule has 0 radical (unpaired) electrons. The average molecular weight is 549 g/mol. The molecule has 0 bridgehead atoms. The summed E-state index contributed by atoms with van der Waals surface area (Å²) in [6, 6.07) is 11.0. The molecule has 2 heterocycles. The second kappa shape index (κ2) is 12.5. The predicted molar refractivity (Wildman–Crippen MR) is 143 cm³/mol. The first-order valence-electron chi connectivity index (χ1n) is 11.5. The smallest absolute Gasteiger partial charge is 0.271 e. The molecule has 3 amide bonds. The Morgan fingerprint density at radius 1 is 1.11 bits per heavy atom. The Kier molecular flexibility index (Phi) is 9.48. The summed E-state index contributed by atoms with van der Waals surface area (Å²) in [6.07, 6.45) is 3.17. The monoisotopic (exact) mass is 548 g/mol. The first kappa shape index (κ1) is 27.9. The van der Waals surface area contributed by atoms with Crippen molar-refractivity contribution < 1.29 is 22.8 Å². The lowest BCUT2D eigenvalue weighted by Crippen LogP contribution is -2.33. The number of hydrazone groups is 1. The van der Waals surface area contributed by atoms with E-state index in [9.17, 15) is 22.8 Å². The first-order chi connectivity index (χ1) is 17.6. The zero-order chi connectivity index (χ0) is 27.0. The predicted octanol–water partition coefficient (Wildman–Crippen LogP) is 2.65. The van der Waals surface area contributed by atoms with Gasteiger partial charge in [0, 0.05) is 50.7 Å². The van der Waals surface area contributed by atoms with Gasteiger partial charge < -0.3 is 15.1 Å². The minimum Gasteiger partial charge on any atom is -0.370 e. The standard InChI is InChI=1S/C21H22ClN5O4S.C3H7NO/c22-14-3-5-15(6-4-14)26-32(30,31)16-7-9-19(27-11-1-2-12-27)18(13-16)23-21(29)17-8-10-20(28)25-24-17;1-4(2)3-5/h3-7,9,13,26H,1-2,8,10-12H2,(H,23,29)(H,25,28);3H,1-2H3. The number of hydrogen-bond acceptors (Lipinski definition) is 7. The zero-order valence-electron chi connectivity index (χ0n) is 20.5. The minimum atomic E-state index is -3.91. The van der Waals surface area contributed by atoms with Crippen LogP contribution < -0.4 is 20.4 Å². The van der Waals surface area contributed by atoms with Gasteiger partial charge in [-0.15, -0.1) is 0 Å². The molecule has 1 fully saturated rings. The second-order valence-electron chi connectivity index (χ2n) is 8.60. The third kappa shape index (κ3) is 7.92. The van der Waals surface area contributed by atoms with E-state index in [4.69, 9.17) is 11.6 Å². The van der Waals surface area contributed by atoms with E-state index in [0.29, 0.717) is 16.4 Å². The summed E-state index contributed by atoms with van der Waals surface area (Å²) >= 11 is 5.87. The Bertz CT molecular complexity index is 1280. The van der Waals surface area contributed by atoms with E-state index in [-0.39, 0.29) is 29.4 Å². The molecular formula is C24H29ClN6O5S. The maximum absolute atomic E-state index is 13.0. The number of anilines is 3. The average Bonchev–Trinajstić information content (AvgIpc) is 3.41. The van der Waals surface area contributed by atoms with Gasteiger partial charge in [-0.25, -0.2) is 13.8 Å². The van der Waals surface area contributed by atoms with Gasteiger partial charge in [0.05, 0.1) is 16.3 Å². The number of nitrogens with one attached hydrogen (secondary N) is 3. The van der Waals surface area contributed by atoms with Crippen LogP contribution in [0.3, 0.4) is 0 Å². The molecule has 0 atom stereocenters. The van der Waals surface area contributed by atoms with Crippen LogP contribution in [0.25, 0.3) is 0 Å². The lowest BCUT2D eigenvalue weighted by atomic mass is 10.1. The summed E-state index contributed by atoms with van der Waals surface area (Å²) in [5.74, 6) is -0.730. The molecule has 4 rings (SSSR count). The van der Waals surface area contributed by atoms with E-state index in [1.165, 1.54) is 17.0 Å². The van der Waals surface area contributed by atoms with Crippen molar-refractivity contribution in [2.24, 2.45) is 5.10 Å². The van der Waals surface area contributed by atoms with Crippen LogP contribution in [0.1, 0.15) is 25.7 Å². The maximum atomic E-state index is 13.0. The lowest BCUT2D eigenvalue weighted by Gasteiger charge is -2.23. The Balaban J connectivity index is 0.000000695. The van der Waals surface area contributed by atoms with Crippen LogP contribution in [-0.2, 0) is 24.4 Å². The largest absolute Gasteiger partial charge is 0.370 e. The third-order valence-electron chi connectivity index (χ3n) is 5.45. The molecule has 0 aromatic heterocycles. The third-order valence-corrected chi connectivity index (χ3v) is 7.08. The Hall–Kier alpha value is -3.64. The van der Waals surface area contributed by atoms with Crippen LogP contribution in [-0.4, -0.2) is 64.4 Å². The molecule has 0 unspecified atom stereocenters. The molecule has 2 aromatic rings. The zero-order valence-corrected chi connectivity index (χ0v) is 22.1. The second-order valence-corrected chi connectivity index (χ2v) is 10.7. The van der Waals surface area contributed by atoms with Crippen molar-refractivity contribution >= 4 is 62.6 Å². The van der Waals surface area contributed by atoms with E-state index in [1.54, 1.807) is 44.4 Å². The summed E-state index contributed by atoms with van der Waals surface area (Å²) in [4.78, 5) is 37.0. The van der Waals surface area contributed by atoms with E-state index in [1.807, 2.05) is 0 Å². The number of halogens is 1. The van der Waals surface area contributed by atoms with Gasteiger partial charge in [-0.2, -0.15) is 5.10 Å². The minimum absolute atomic E-state index is 0.00424. The molecule has 2 aliphatic rings. The number of carbonyl (C=O) groups is 3. The van der Waals surface area contributed by atoms with Crippen molar-refractivity contribution in [3.05, 3.63) is 47.5 Å². The van der Waals surface area contributed by atoms with Gasteiger partial charge in [-0.1, -0.05) is 11.6 Å². The molecule has 3 N–H and O–H groups in total. The van der Waals surface area contributed by atoms with E-state index < -0.39 is 15.9 Å². The molecular weight excluding hydrogens is 520 g/mol. The number of amides is 3. The number of carbonyl (C=O) groups excluding carboxylic acids is 3. The summed E-state index contributed by atoms with van der Waals surface area (Å²) in [5.41, 5.74) is 3.96. The molecule has 0 spiro atoms. The van der Waals surface area contributed by atoms with Crippen LogP contribution in [0.2, 0.25) is 5.02 Å². The first-order valence-corrected chi connectivity index (χ1v) is 13.4. The van der Waals surface area contributed by atoms with Crippen LogP contribution >= 0.6 is 11.6 Å². The number of hydrogen-bond donors (Lipinski definition) is 3. The van der Waals surface area contributed by atoms with Crippen LogP contribution in [0, 0.1) is 0 Å². The number of nitrogens with zero attached hydrogens (tertiary/aromatic N) is 3. The molecule has 0 saturated carbocycles. The van der Waals surface area contributed by atoms with Gasteiger partial charge in [-0.3, -0.25) is 19.1 Å². The highest BCUT2D eigenvalue weighted by Crippen LogP contribution is 2.32. The van der Waals surface area contributed by atoms with Crippen molar-refractivity contribution in [3.63, 3.8) is 0 Å². The summed E-state index contributed by atoms with van der Waals surface area (Å²) in [7, 11) is -0.532. The van der Waals surface area contributed by atoms with E-state index in [2.05, 4.69) is 25.5 Å². The Morgan fingerprint density at radius 3 is 2.32 bits per heavy atom. The van der Waals surface area contributed by atoms with Crippen molar-refractivity contribution in [2.75, 3.05) is 42.1 Å². The van der Waals surface area contributed by atoms with Crippen LogP contribution in [0.4, 0.5) is 17.1 Å². The highest BCUT2D eigenvalue weighted by molar-refractivity contribution is 7.92. The van der Waals surface area contributed by atoms with Crippen molar-refractivity contribution in [1.82, 2.24) is 10.3 Å². The molecule has 13 heteroatoms. The van der Waals surface area contributed by atoms with Gasteiger partial charge in [0.2, 0.25) is 12.3 Å². The van der Waals surface area contributed by atoms with E-state index in [0.717, 1.165) is 38.0 Å². The van der Waals surface area contributed by atoms with Gasteiger partial charge in [-0.05, 0) is 55.3 Å². The normalized spacial score (nSPS) is 15.1. The number of benzene rings is 2. The highest BCUT2D eigenvalue weighted by atomic mass is 35.5. The maximum Gasteiger partial charge on any atom is 0.271 e. The summed E-state index contributed by atoms with van der Waals surface area (Å²) in [5, 5.41) is 7.10. The lowest BCUT2D eigenvalue weighted by molar-refractivity contribution is -0.121. The number of rotatable bonds is 7. The molecule has 11 nitrogen and oxygen atoms in total. The van der Waals surface area contributed by atoms with Gasteiger partial charge >= 0.3 is 0 Å². The molecule has 37 heavy (non-hydrogen) atoms. The summed E-state index contributed by atoms with van der Waals surface area (Å²) < 4.78 is 28.4. The number of sulfonamides is 1. The van der Waals surface area contributed by atoms with Gasteiger partial charge in [0.1, 0.15) is 5.71 Å².